The molecule has 4 heteroatoms. The SMILES string of the molecule is CC1CCCC(O)(CNCC2CCOCO2)C1. The topological polar surface area (TPSA) is 50.7 Å². The van der Waals surface area contributed by atoms with E-state index in [4.69, 9.17) is 9.47 Å². The molecule has 0 aromatic carbocycles. The summed E-state index contributed by atoms with van der Waals surface area (Å²) in [5.74, 6) is 0.648. The van der Waals surface area contributed by atoms with Crippen LogP contribution in [0.4, 0.5) is 0 Å². The Morgan fingerprint density at radius 1 is 1.41 bits per heavy atom. The summed E-state index contributed by atoms with van der Waals surface area (Å²) in [7, 11) is 0. The average Bonchev–Trinajstić information content (AvgIpc) is 2.30. The number of aliphatic hydroxyl groups is 1. The number of nitrogens with one attached hydrogen (secondary N) is 1. The van der Waals surface area contributed by atoms with Crippen molar-refractivity contribution in [2.75, 3.05) is 26.5 Å². The molecule has 2 aliphatic rings. The second-order valence-electron chi connectivity index (χ2n) is 5.66. The van der Waals surface area contributed by atoms with Gasteiger partial charge in [-0.2, -0.15) is 0 Å². The van der Waals surface area contributed by atoms with Gasteiger partial charge in [0.25, 0.3) is 0 Å². The molecular weight excluding hydrogens is 218 g/mol. The molecule has 0 bridgehead atoms. The first kappa shape index (κ1) is 13.3. The largest absolute Gasteiger partial charge is 0.389 e. The highest BCUT2D eigenvalue weighted by atomic mass is 16.7. The Morgan fingerprint density at radius 3 is 3.00 bits per heavy atom. The maximum Gasteiger partial charge on any atom is 0.147 e. The molecule has 2 rings (SSSR count). The molecule has 1 aliphatic heterocycles. The lowest BCUT2D eigenvalue weighted by atomic mass is 9.79. The fourth-order valence-corrected chi connectivity index (χ4v) is 2.92. The normalized spacial score (nSPS) is 39.2. The van der Waals surface area contributed by atoms with Crippen LogP contribution in [0.1, 0.15) is 39.0 Å². The van der Waals surface area contributed by atoms with Crippen LogP contribution in [0, 0.1) is 5.92 Å². The zero-order valence-corrected chi connectivity index (χ0v) is 10.8. The van der Waals surface area contributed by atoms with E-state index in [1.54, 1.807) is 0 Å². The molecule has 1 saturated heterocycles. The van der Waals surface area contributed by atoms with Crippen molar-refractivity contribution in [3.63, 3.8) is 0 Å². The van der Waals surface area contributed by atoms with Crippen LogP contribution in [0.3, 0.4) is 0 Å². The van der Waals surface area contributed by atoms with E-state index >= 15 is 0 Å². The van der Waals surface area contributed by atoms with Crippen molar-refractivity contribution in [1.29, 1.82) is 0 Å². The van der Waals surface area contributed by atoms with Crippen LogP contribution in [0.5, 0.6) is 0 Å². The van der Waals surface area contributed by atoms with Gasteiger partial charge in [-0.3, -0.25) is 0 Å². The summed E-state index contributed by atoms with van der Waals surface area (Å²) >= 11 is 0. The minimum atomic E-state index is -0.497. The van der Waals surface area contributed by atoms with Crippen LogP contribution in [-0.2, 0) is 9.47 Å². The fraction of sp³-hybridized carbons (Fsp3) is 1.00. The summed E-state index contributed by atoms with van der Waals surface area (Å²) in [6.07, 6.45) is 5.45. The molecule has 3 atom stereocenters. The van der Waals surface area contributed by atoms with Crippen molar-refractivity contribution >= 4 is 0 Å². The van der Waals surface area contributed by atoms with Gasteiger partial charge in [-0.25, -0.2) is 0 Å². The van der Waals surface area contributed by atoms with Gasteiger partial charge in [0.05, 0.1) is 18.3 Å². The first-order valence-corrected chi connectivity index (χ1v) is 6.80. The lowest BCUT2D eigenvalue weighted by Crippen LogP contribution is -2.46. The van der Waals surface area contributed by atoms with Gasteiger partial charge in [-0.05, 0) is 25.2 Å². The molecule has 17 heavy (non-hydrogen) atoms. The summed E-state index contributed by atoms with van der Waals surface area (Å²) in [4.78, 5) is 0. The molecule has 3 unspecified atom stereocenters. The fourth-order valence-electron chi connectivity index (χ4n) is 2.92. The molecule has 0 aromatic rings. The zero-order valence-electron chi connectivity index (χ0n) is 10.8. The standard InChI is InChI=1S/C13H25NO3/c1-11-3-2-5-13(15,7-11)9-14-8-12-4-6-16-10-17-12/h11-12,14-15H,2-10H2,1H3. The van der Waals surface area contributed by atoms with Gasteiger partial charge in [0.2, 0.25) is 0 Å². The van der Waals surface area contributed by atoms with E-state index in [9.17, 15) is 5.11 Å². The van der Waals surface area contributed by atoms with E-state index in [-0.39, 0.29) is 6.10 Å². The Hall–Kier alpha value is -0.160. The molecule has 0 spiro atoms. The minimum absolute atomic E-state index is 0.244. The van der Waals surface area contributed by atoms with Crippen molar-refractivity contribution < 1.29 is 14.6 Å². The first-order valence-electron chi connectivity index (χ1n) is 6.80. The summed E-state index contributed by atoms with van der Waals surface area (Å²) < 4.78 is 10.6. The first-order chi connectivity index (χ1) is 8.18. The quantitative estimate of drug-likeness (QED) is 0.781. The van der Waals surface area contributed by atoms with Gasteiger partial charge in [-0.1, -0.05) is 19.8 Å². The number of hydrogen-bond acceptors (Lipinski definition) is 4. The minimum Gasteiger partial charge on any atom is -0.389 e. The summed E-state index contributed by atoms with van der Waals surface area (Å²) in [5.41, 5.74) is -0.497. The van der Waals surface area contributed by atoms with Crippen LogP contribution < -0.4 is 5.32 Å². The Kier molecular flexibility index (Phi) is 4.79. The van der Waals surface area contributed by atoms with Crippen molar-refractivity contribution in [1.82, 2.24) is 5.32 Å². The second-order valence-corrected chi connectivity index (χ2v) is 5.66. The van der Waals surface area contributed by atoms with E-state index in [0.717, 1.165) is 38.8 Å². The van der Waals surface area contributed by atoms with E-state index in [1.165, 1.54) is 6.42 Å². The Bertz CT molecular complexity index is 231. The molecule has 100 valence electrons. The summed E-state index contributed by atoms with van der Waals surface area (Å²) in [6, 6.07) is 0. The highest BCUT2D eigenvalue weighted by Crippen LogP contribution is 2.31. The molecule has 0 radical (unpaired) electrons. The van der Waals surface area contributed by atoms with Gasteiger partial charge in [-0.15, -0.1) is 0 Å². The predicted octanol–water partition coefficient (Wildman–Crippen LogP) is 1.28. The van der Waals surface area contributed by atoms with Crippen LogP contribution in [0.2, 0.25) is 0 Å². The Morgan fingerprint density at radius 2 is 2.29 bits per heavy atom. The predicted molar refractivity (Wildman–Crippen MR) is 65.8 cm³/mol. The monoisotopic (exact) mass is 243 g/mol. The molecule has 2 N–H and O–H groups in total. The number of hydrogen-bond donors (Lipinski definition) is 2. The molecule has 0 amide bonds. The van der Waals surface area contributed by atoms with Crippen LogP contribution in [-0.4, -0.2) is 43.3 Å². The molecular formula is C13H25NO3. The van der Waals surface area contributed by atoms with E-state index < -0.39 is 5.60 Å². The smallest absolute Gasteiger partial charge is 0.147 e. The Balaban J connectivity index is 1.66. The molecule has 1 saturated carbocycles. The summed E-state index contributed by atoms with van der Waals surface area (Å²) in [5, 5.41) is 13.8. The summed E-state index contributed by atoms with van der Waals surface area (Å²) in [6.45, 7) is 4.94. The van der Waals surface area contributed by atoms with Crippen molar-refractivity contribution in [3.05, 3.63) is 0 Å². The highest BCUT2D eigenvalue weighted by Gasteiger charge is 2.32. The van der Waals surface area contributed by atoms with Crippen LogP contribution >= 0.6 is 0 Å². The number of ether oxygens (including phenoxy) is 2. The van der Waals surface area contributed by atoms with Gasteiger partial charge in [0.15, 0.2) is 0 Å². The van der Waals surface area contributed by atoms with Crippen LogP contribution in [0.25, 0.3) is 0 Å². The molecule has 1 aliphatic carbocycles. The van der Waals surface area contributed by atoms with E-state index in [1.807, 2.05) is 0 Å². The van der Waals surface area contributed by atoms with Crippen molar-refractivity contribution in [3.8, 4) is 0 Å². The lowest BCUT2D eigenvalue weighted by Gasteiger charge is -2.36. The van der Waals surface area contributed by atoms with Crippen molar-refractivity contribution in [2.24, 2.45) is 5.92 Å². The third-order valence-corrected chi connectivity index (χ3v) is 3.86. The zero-order chi connectivity index (χ0) is 12.1. The molecule has 4 nitrogen and oxygen atoms in total. The molecule has 1 heterocycles. The van der Waals surface area contributed by atoms with Gasteiger partial charge < -0.3 is 19.9 Å². The maximum atomic E-state index is 10.4. The van der Waals surface area contributed by atoms with Gasteiger partial charge >= 0.3 is 0 Å². The highest BCUT2D eigenvalue weighted by molar-refractivity contribution is 4.87. The molecule has 0 aromatic heterocycles. The average molecular weight is 243 g/mol. The van der Waals surface area contributed by atoms with Crippen LogP contribution in [0.15, 0.2) is 0 Å². The Labute approximate surface area is 104 Å². The van der Waals surface area contributed by atoms with E-state index in [2.05, 4.69) is 12.2 Å². The van der Waals surface area contributed by atoms with Gasteiger partial charge in [0.1, 0.15) is 6.79 Å². The van der Waals surface area contributed by atoms with Gasteiger partial charge in [0, 0.05) is 13.1 Å². The van der Waals surface area contributed by atoms with E-state index in [0.29, 0.717) is 19.3 Å². The maximum absolute atomic E-state index is 10.4. The molecule has 2 fully saturated rings. The third kappa shape index (κ3) is 4.21. The van der Waals surface area contributed by atoms with Crippen molar-refractivity contribution in [2.45, 2.75) is 50.7 Å². The third-order valence-electron chi connectivity index (χ3n) is 3.86. The lowest BCUT2D eigenvalue weighted by molar-refractivity contribution is -0.138. The second kappa shape index (κ2) is 6.14. The number of rotatable bonds is 4.